The molecule has 3 saturated heterocycles. The number of hydrogen-bond donors (Lipinski definition) is 5. The summed E-state index contributed by atoms with van der Waals surface area (Å²) in [7, 11) is 2.82. The number of aliphatic hydroxyl groups is 5. The topological polar surface area (TPSA) is 194 Å². The molecule has 298 valence electrons. The molecule has 0 saturated carbocycles. The first kappa shape index (κ1) is 39.4. The van der Waals surface area contributed by atoms with Crippen molar-refractivity contribution in [2.75, 3.05) is 21.1 Å². The summed E-state index contributed by atoms with van der Waals surface area (Å²) in [6.07, 6.45) is -11.7. The van der Waals surface area contributed by atoms with Crippen LogP contribution in [-0.2, 0) is 38.0 Å². The fourth-order valence-electron chi connectivity index (χ4n) is 8.28. The van der Waals surface area contributed by atoms with Crippen molar-refractivity contribution in [1.82, 2.24) is 4.90 Å². The number of ether oxygens (including phenoxy) is 6. The fourth-order valence-corrected chi connectivity index (χ4v) is 8.28. The van der Waals surface area contributed by atoms with Crippen LogP contribution in [0.25, 0.3) is 0 Å². The Morgan fingerprint density at radius 1 is 0.941 bits per heavy atom. The monoisotopic (exact) mass is 736 g/mol. The number of carbonyl (C=O) groups is 2. The molecule has 18 atom stereocenters. The van der Waals surface area contributed by atoms with Crippen LogP contribution in [0.15, 0.2) is 0 Å². The van der Waals surface area contributed by atoms with Gasteiger partial charge < -0.3 is 58.9 Å². The molecule has 1 unspecified atom stereocenters. The highest BCUT2D eigenvalue weighted by atomic mass is 16.7. The Morgan fingerprint density at radius 2 is 1.57 bits per heavy atom. The molecule has 3 rings (SSSR count). The summed E-state index contributed by atoms with van der Waals surface area (Å²) in [5, 5.41) is 57.8. The van der Waals surface area contributed by atoms with Crippen molar-refractivity contribution in [1.29, 1.82) is 0 Å². The van der Waals surface area contributed by atoms with Crippen LogP contribution in [0.5, 0.6) is 0 Å². The molecule has 0 aliphatic carbocycles. The lowest BCUT2D eigenvalue weighted by Crippen LogP contribution is -2.61. The van der Waals surface area contributed by atoms with Gasteiger partial charge in [0.1, 0.15) is 29.7 Å². The van der Waals surface area contributed by atoms with E-state index in [4.69, 9.17) is 32.5 Å². The number of hydrogen-bond acceptors (Lipinski definition) is 14. The van der Waals surface area contributed by atoms with E-state index in [1.165, 1.54) is 34.9 Å². The predicted octanol–water partition coefficient (Wildman–Crippen LogP) is 1.79. The lowest BCUT2D eigenvalue weighted by molar-refractivity contribution is -0.318. The van der Waals surface area contributed by atoms with E-state index in [1.807, 2.05) is 0 Å². The molecule has 0 radical (unpaired) electrons. The van der Waals surface area contributed by atoms with Crippen LogP contribution in [0.1, 0.15) is 99.0 Å². The Bertz CT molecular complexity index is 1270. The van der Waals surface area contributed by atoms with Crippen LogP contribution in [0.4, 0.5) is 0 Å². The number of cyclic esters (lactones) is 1. The Labute approximate surface area is 308 Å². The van der Waals surface area contributed by atoms with E-state index in [-0.39, 0.29) is 25.7 Å². The highest BCUT2D eigenvalue weighted by molar-refractivity contribution is 5.83. The molecule has 3 fully saturated rings. The zero-order valence-corrected chi connectivity index (χ0v) is 32.4. The van der Waals surface area contributed by atoms with Gasteiger partial charge in [-0.1, -0.05) is 27.7 Å². The number of Topliss-reactive ketones (excluding diaryl/α,β-unsaturated/α-hetero) is 1. The van der Waals surface area contributed by atoms with Gasteiger partial charge in [-0.3, -0.25) is 9.59 Å². The smallest absolute Gasteiger partial charge is 0.311 e. The van der Waals surface area contributed by atoms with E-state index in [1.54, 1.807) is 48.5 Å². The van der Waals surface area contributed by atoms with Crippen molar-refractivity contribution in [3.63, 3.8) is 0 Å². The van der Waals surface area contributed by atoms with Gasteiger partial charge in [-0.2, -0.15) is 0 Å². The molecule has 14 heteroatoms. The van der Waals surface area contributed by atoms with Crippen molar-refractivity contribution in [3.8, 4) is 0 Å². The summed E-state index contributed by atoms with van der Waals surface area (Å²) in [4.78, 5) is 29.0. The normalized spacial score (nSPS) is 50.9. The first-order chi connectivity index (χ1) is 24.6. The number of aliphatic hydroxyl groups excluding tert-OH is 3. The molecule has 0 bridgehead atoms. The van der Waals surface area contributed by atoms with Gasteiger partial charge in [-0.25, -0.2) is 0 Å². The van der Waals surface area contributed by atoms with Crippen LogP contribution < -0.4 is 0 Å². The second kappa shape index (κ2) is 17.0. The molecular weight excluding hydrogens is 666 g/mol. The summed E-state index contributed by atoms with van der Waals surface area (Å²) in [6, 6.07) is -0.928. The van der Waals surface area contributed by atoms with Gasteiger partial charge in [0.25, 0.3) is 0 Å². The van der Waals surface area contributed by atoms with E-state index in [2.05, 4.69) is 0 Å². The largest absolute Gasteiger partial charge is 0.459 e. The minimum Gasteiger partial charge on any atom is -0.459 e. The summed E-state index contributed by atoms with van der Waals surface area (Å²) in [5.74, 6) is -5.45. The van der Waals surface area contributed by atoms with Crippen molar-refractivity contribution in [3.05, 3.63) is 0 Å². The van der Waals surface area contributed by atoms with Gasteiger partial charge in [-0.15, -0.1) is 0 Å². The SMILES string of the molecule is [2H]C([2H])([2H])N(C)[C@H]1C[C@@H](C)O[C@@H](O[C@@H]2[C@@H](C)C(O[C@H]3C[C@@](C)(OC)[C@@H](O)[C@H](C)O3)[C@@H](C)C(=O)O[C@H](CC)[C@@](C)(O)[C@H](O)[C@@H](C)C(=O)[C@H](C)C[C@@]2(C)O)[C@@H]1O. The number of carbonyl (C=O) groups excluding carboxylic acids is 2. The third kappa shape index (κ3) is 9.51. The molecular formula is C37H67NO13. The molecule has 0 aromatic rings. The molecule has 0 spiro atoms. The number of methoxy groups -OCH3 is 1. The highest BCUT2D eigenvalue weighted by Crippen LogP contribution is 2.40. The number of esters is 1. The van der Waals surface area contributed by atoms with Gasteiger partial charge in [0, 0.05) is 41.4 Å². The van der Waals surface area contributed by atoms with Gasteiger partial charge in [-0.05, 0) is 74.8 Å². The lowest BCUT2D eigenvalue weighted by atomic mass is 9.74. The standard InChI is InChI=1S/C37H67NO13/c1-14-25-37(10,45)30(41)20(4)27(39)18(2)16-35(8,44)32(51-34-28(40)24(38(11)12)15-19(3)47-34)21(5)29(22(6)33(43)49-25)50-26-17-36(9,46-13)31(42)23(7)48-26/h18-26,28-32,34,40-42,44-45H,14-17H2,1-13H3/t18-,19-,20+,21+,22-,23+,24+,25-,26+,28-,29?,30-,31+,32-,34+,35-,36-,37-/m1/s1/i11D3. The summed E-state index contributed by atoms with van der Waals surface area (Å²) < 4.78 is 60.7. The molecule has 3 aliphatic rings. The van der Waals surface area contributed by atoms with Crippen LogP contribution >= 0.6 is 0 Å². The maximum absolute atomic E-state index is 14.1. The second-order valence-corrected chi connectivity index (χ2v) is 16.1. The molecule has 0 aromatic heterocycles. The van der Waals surface area contributed by atoms with E-state index < -0.39 is 127 Å². The molecule has 3 aliphatic heterocycles. The number of nitrogens with zero attached hydrogens (tertiary/aromatic N) is 1. The van der Waals surface area contributed by atoms with Crippen molar-refractivity contribution in [2.24, 2.45) is 23.7 Å². The van der Waals surface area contributed by atoms with Crippen LogP contribution in [0.3, 0.4) is 0 Å². The maximum atomic E-state index is 14.1. The third-order valence-electron chi connectivity index (χ3n) is 11.7. The number of ketones is 1. The van der Waals surface area contributed by atoms with Crippen LogP contribution in [0, 0.1) is 23.7 Å². The zero-order chi connectivity index (χ0) is 41.5. The molecule has 51 heavy (non-hydrogen) atoms. The first-order valence-electron chi connectivity index (χ1n) is 19.8. The van der Waals surface area contributed by atoms with E-state index in [9.17, 15) is 35.1 Å². The highest BCUT2D eigenvalue weighted by Gasteiger charge is 2.53. The van der Waals surface area contributed by atoms with E-state index >= 15 is 0 Å². The van der Waals surface area contributed by atoms with E-state index in [0.29, 0.717) is 0 Å². The Morgan fingerprint density at radius 3 is 2.14 bits per heavy atom. The Kier molecular flexibility index (Phi) is 13.1. The maximum Gasteiger partial charge on any atom is 0.311 e. The Balaban J connectivity index is 2.20. The molecule has 0 aromatic carbocycles. The van der Waals surface area contributed by atoms with Crippen molar-refractivity contribution < 1.29 is 67.7 Å². The second-order valence-electron chi connectivity index (χ2n) is 16.1. The minimum absolute atomic E-state index is 0.0366. The van der Waals surface area contributed by atoms with Gasteiger partial charge in [0.2, 0.25) is 0 Å². The average molecular weight is 737 g/mol. The predicted molar refractivity (Wildman–Crippen MR) is 186 cm³/mol. The summed E-state index contributed by atoms with van der Waals surface area (Å²) >= 11 is 0. The van der Waals surface area contributed by atoms with E-state index in [0.717, 1.165) is 4.90 Å². The average Bonchev–Trinajstić information content (AvgIpc) is 3.08. The summed E-state index contributed by atoms with van der Waals surface area (Å²) in [6.45, 7) is 13.2. The number of likely N-dealkylation sites (N-methyl/N-ethyl adjacent to an activating group) is 1. The lowest BCUT2D eigenvalue weighted by Gasteiger charge is -2.49. The molecule has 0 amide bonds. The van der Waals surface area contributed by atoms with Crippen LogP contribution in [-0.4, -0.2) is 148 Å². The van der Waals surface area contributed by atoms with Crippen molar-refractivity contribution >= 4 is 11.8 Å². The molecule has 14 nitrogen and oxygen atoms in total. The minimum atomic E-state index is -2.55. The quantitative estimate of drug-likeness (QED) is 0.238. The molecule has 3 heterocycles. The summed E-state index contributed by atoms with van der Waals surface area (Å²) in [5.41, 5.74) is -5.07. The number of rotatable bonds is 7. The fraction of sp³-hybridized carbons (Fsp3) is 0.946. The van der Waals surface area contributed by atoms with Gasteiger partial charge in [0.05, 0.1) is 47.6 Å². The third-order valence-corrected chi connectivity index (χ3v) is 11.7. The Hall–Kier alpha value is -1.30. The molecule has 5 N–H and O–H groups in total. The van der Waals surface area contributed by atoms with Gasteiger partial charge >= 0.3 is 5.97 Å². The van der Waals surface area contributed by atoms with Crippen molar-refractivity contribution in [2.45, 2.75) is 179 Å². The van der Waals surface area contributed by atoms with Crippen LogP contribution in [0.2, 0.25) is 0 Å². The zero-order valence-electron chi connectivity index (χ0n) is 35.4. The first-order valence-corrected chi connectivity index (χ1v) is 18.3. The van der Waals surface area contributed by atoms with Gasteiger partial charge in [0.15, 0.2) is 12.6 Å².